The summed E-state index contributed by atoms with van der Waals surface area (Å²) in [6.45, 7) is 2.90. The van der Waals surface area contributed by atoms with Crippen LogP contribution in [-0.4, -0.2) is 18.9 Å². The van der Waals surface area contributed by atoms with Crippen LogP contribution < -0.4 is 5.32 Å². The van der Waals surface area contributed by atoms with Crippen LogP contribution in [0.15, 0.2) is 18.2 Å². The maximum absolute atomic E-state index is 13.4. The molecule has 15 heavy (non-hydrogen) atoms. The molecular weight excluding hydrogens is 217 g/mol. The molecule has 0 atom stereocenters. The van der Waals surface area contributed by atoms with E-state index in [9.17, 15) is 9.18 Å². The lowest BCUT2D eigenvalue weighted by Crippen LogP contribution is -2.24. The molecule has 2 nitrogen and oxygen atoms in total. The van der Waals surface area contributed by atoms with E-state index in [2.05, 4.69) is 5.32 Å². The van der Waals surface area contributed by atoms with Gasteiger partial charge in [-0.2, -0.15) is 0 Å². The average molecular weight is 230 g/mol. The highest BCUT2D eigenvalue weighted by atomic mass is 35.5. The van der Waals surface area contributed by atoms with Gasteiger partial charge in [-0.15, -0.1) is 0 Å². The Morgan fingerprint density at radius 1 is 1.53 bits per heavy atom. The number of Topliss-reactive ketones (excluding diaryl/α,β-unsaturated/α-hetero) is 1. The van der Waals surface area contributed by atoms with Crippen LogP contribution in [0.5, 0.6) is 0 Å². The molecule has 0 bridgehead atoms. The van der Waals surface area contributed by atoms with E-state index in [1.807, 2.05) is 6.92 Å². The summed E-state index contributed by atoms with van der Waals surface area (Å²) in [4.78, 5) is 11.4. The van der Waals surface area contributed by atoms with E-state index in [0.29, 0.717) is 5.56 Å². The van der Waals surface area contributed by atoms with Crippen molar-refractivity contribution in [1.29, 1.82) is 0 Å². The Balaban J connectivity index is 2.64. The van der Waals surface area contributed by atoms with Gasteiger partial charge < -0.3 is 5.32 Å². The minimum absolute atomic E-state index is 0.0435. The van der Waals surface area contributed by atoms with Crippen LogP contribution in [0.1, 0.15) is 12.5 Å². The molecule has 1 rings (SSSR count). The topological polar surface area (TPSA) is 29.1 Å². The molecule has 1 aromatic carbocycles. The highest BCUT2D eigenvalue weighted by molar-refractivity contribution is 6.30. The maximum Gasteiger partial charge on any atom is 0.151 e. The van der Waals surface area contributed by atoms with E-state index in [4.69, 9.17) is 11.6 Å². The molecule has 0 heterocycles. The Kier molecular flexibility index (Phi) is 4.72. The zero-order valence-corrected chi connectivity index (χ0v) is 9.27. The van der Waals surface area contributed by atoms with Crippen molar-refractivity contribution in [2.45, 2.75) is 13.3 Å². The van der Waals surface area contributed by atoms with E-state index in [1.165, 1.54) is 6.07 Å². The molecule has 0 radical (unpaired) electrons. The number of halogens is 2. The number of benzene rings is 1. The van der Waals surface area contributed by atoms with Crippen LogP contribution in [0.25, 0.3) is 0 Å². The van der Waals surface area contributed by atoms with E-state index in [0.717, 1.165) is 6.54 Å². The molecule has 0 saturated heterocycles. The number of nitrogens with one attached hydrogen (secondary N) is 1. The first-order chi connectivity index (χ1) is 7.15. The third-order valence-corrected chi connectivity index (χ3v) is 2.28. The van der Waals surface area contributed by atoms with Gasteiger partial charge in [0.05, 0.1) is 11.6 Å². The summed E-state index contributed by atoms with van der Waals surface area (Å²) >= 11 is 5.60. The Morgan fingerprint density at radius 2 is 2.27 bits per heavy atom. The molecule has 0 unspecified atom stereocenters. The van der Waals surface area contributed by atoms with Crippen LogP contribution in [0.2, 0.25) is 5.02 Å². The molecule has 82 valence electrons. The van der Waals surface area contributed by atoms with E-state index in [1.54, 1.807) is 12.1 Å². The third kappa shape index (κ3) is 3.61. The zero-order valence-electron chi connectivity index (χ0n) is 8.52. The largest absolute Gasteiger partial charge is 0.310 e. The van der Waals surface area contributed by atoms with Crippen LogP contribution in [0, 0.1) is 5.82 Å². The van der Waals surface area contributed by atoms with Gasteiger partial charge >= 0.3 is 0 Å². The summed E-state index contributed by atoms with van der Waals surface area (Å²) < 4.78 is 13.4. The molecule has 0 saturated carbocycles. The van der Waals surface area contributed by atoms with Crippen LogP contribution >= 0.6 is 11.6 Å². The first-order valence-electron chi connectivity index (χ1n) is 4.80. The van der Waals surface area contributed by atoms with Crippen molar-refractivity contribution < 1.29 is 9.18 Å². The molecule has 0 aromatic heterocycles. The number of carbonyl (C=O) groups excluding carboxylic acids is 1. The second-order valence-electron chi connectivity index (χ2n) is 3.21. The van der Waals surface area contributed by atoms with E-state index in [-0.39, 0.29) is 23.8 Å². The van der Waals surface area contributed by atoms with Crippen molar-refractivity contribution in [3.63, 3.8) is 0 Å². The minimum Gasteiger partial charge on any atom is -0.310 e. The number of likely N-dealkylation sites (N-methyl/N-ethyl adjacent to an activating group) is 1. The number of carbonyl (C=O) groups is 1. The Morgan fingerprint density at radius 3 is 2.93 bits per heavy atom. The zero-order chi connectivity index (χ0) is 11.3. The first-order valence-corrected chi connectivity index (χ1v) is 5.18. The van der Waals surface area contributed by atoms with Crippen LogP contribution in [0.3, 0.4) is 0 Å². The summed E-state index contributed by atoms with van der Waals surface area (Å²) in [5.74, 6) is -0.540. The molecule has 0 fully saturated rings. The van der Waals surface area contributed by atoms with Gasteiger partial charge in [0.2, 0.25) is 0 Å². The monoisotopic (exact) mass is 229 g/mol. The summed E-state index contributed by atoms with van der Waals surface area (Å²) in [6.07, 6.45) is 0.0827. The quantitative estimate of drug-likeness (QED) is 0.839. The standard InChI is InChI=1S/C11H13ClFNO/c1-2-14-7-9(15)6-8-4-3-5-10(12)11(8)13/h3-5,14H,2,6-7H2,1H3. The Bertz CT molecular complexity index is 354. The lowest BCUT2D eigenvalue weighted by atomic mass is 10.1. The average Bonchev–Trinajstić information content (AvgIpc) is 2.22. The third-order valence-electron chi connectivity index (χ3n) is 1.99. The smallest absolute Gasteiger partial charge is 0.151 e. The molecule has 0 aliphatic rings. The van der Waals surface area contributed by atoms with Gasteiger partial charge in [0.25, 0.3) is 0 Å². The van der Waals surface area contributed by atoms with Crippen molar-refractivity contribution in [2.75, 3.05) is 13.1 Å². The summed E-state index contributed by atoms with van der Waals surface area (Å²) in [7, 11) is 0. The number of ketones is 1. The number of hydrogen-bond acceptors (Lipinski definition) is 2. The van der Waals surface area contributed by atoms with Gasteiger partial charge in [-0.1, -0.05) is 30.7 Å². The Labute approximate surface area is 93.4 Å². The van der Waals surface area contributed by atoms with Crippen molar-refractivity contribution in [3.8, 4) is 0 Å². The van der Waals surface area contributed by atoms with Crippen LogP contribution in [-0.2, 0) is 11.2 Å². The second kappa shape index (κ2) is 5.83. The second-order valence-corrected chi connectivity index (χ2v) is 3.62. The fourth-order valence-corrected chi connectivity index (χ4v) is 1.42. The molecule has 0 spiro atoms. The van der Waals surface area contributed by atoms with Gasteiger partial charge in [0.15, 0.2) is 5.78 Å². The molecule has 1 aromatic rings. The van der Waals surface area contributed by atoms with Gasteiger partial charge in [-0.05, 0) is 18.2 Å². The van der Waals surface area contributed by atoms with Crippen LogP contribution in [0.4, 0.5) is 4.39 Å². The molecular formula is C11H13ClFNO. The maximum atomic E-state index is 13.4. The van der Waals surface area contributed by atoms with Crippen molar-refractivity contribution in [3.05, 3.63) is 34.6 Å². The highest BCUT2D eigenvalue weighted by Gasteiger charge is 2.09. The molecule has 1 N–H and O–H groups in total. The Hall–Kier alpha value is -0.930. The van der Waals surface area contributed by atoms with Gasteiger partial charge in [-0.3, -0.25) is 4.79 Å². The lowest BCUT2D eigenvalue weighted by molar-refractivity contribution is -0.117. The number of hydrogen-bond donors (Lipinski definition) is 1. The fourth-order valence-electron chi connectivity index (χ4n) is 1.22. The van der Waals surface area contributed by atoms with Gasteiger partial charge in [-0.25, -0.2) is 4.39 Å². The predicted octanol–water partition coefficient (Wildman–Crippen LogP) is 2.20. The van der Waals surface area contributed by atoms with Gasteiger partial charge in [0.1, 0.15) is 5.82 Å². The highest BCUT2D eigenvalue weighted by Crippen LogP contribution is 2.18. The first kappa shape index (κ1) is 12.1. The van der Waals surface area contributed by atoms with E-state index >= 15 is 0 Å². The predicted molar refractivity (Wildman–Crippen MR) is 58.7 cm³/mol. The molecule has 4 heteroatoms. The normalized spacial score (nSPS) is 10.3. The molecule has 0 aliphatic carbocycles. The molecule has 0 aliphatic heterocycles. The number of rotatable bonds is 5. The van der Waals surface area contributed by atoms with Gasteiger partial charge in [0, 0.05) is 6.42 Å². The summed E-state index contributed by atoms with van der Waals surface area (Å²) in [5, 5.41) is 2.96. The van der Waals surface area contributed by atoms with Crippen molar-refractivity contribution in [2.24, 2.45) is 0 Å². The van der Waals surface area contributed by atoms with E-state index < -0.39 is 5.82 Å². The molecule has 0 amide bonds. The summed E-state index contributed by atoms with van der Waals surface area (Å²) in [6, 6.07) is 4.68. The lowest BCUT2D eigenvalue weighted by Gasteiger charge is -2.04. The fraction of sp³-hybridized carbons (Fsp3) is 0.364. The summed E-state index contributed by atoms with van der Waals surface area (Å²) in [5.41, 5.74) is 0.352. The van der Waals surface area contributed by atoms with Crippen molar-refractivity contribution in [1.82, 2.24) is 5.32 Å². The minimum atomic E-state index is -0.496. The SMILES string of the molecule is CCNCC(=O)Cc1cccc(Cl)c1F. The van der Waals surface area contributed by atoms with Crippen molar-refractivity contribution >= 4 is 17.4 Å².